The number of hydrogen-bond acceptors (Lipinski definition) is 6. The predicted molar refractivity (Wildman–Crippen MR) is 137 cm³/mol. The fourth-order valence-corrected chi connectivity index (χ4v) is 4.73. The van der Waals surface area contributed by atoms with Crippen molar-refractivity contribution in [3.8, 4) is 17.0 Å². The normalized spacial score (nSPS) is 16.2. The molecule has 1 saturated heterocycles. The highest BCUT2D eigenvalue weighted by Gasteiger charge is 2.42. The van der Waals surface area contributed by atoms with Crippen LogP contribution in [-0.2, 0) is 4.79 Å². The van der Waals surface area contributed by atoms with Crippen LogP contribution in [0.5, 0.6) is 5.75 Å². The minimum atomic E-state index is -4.78. The van der Waals surface area contributed by atoms with E-state index in [-0.39, 0.29) is 42.9 Å². The third-order valence-electron chi connectivity index (χ3n) is 6.64. The zero-order valence-corrected chi connectivity index (χ0v) is 22.7. The van der Waals surface area contributed by atoms with Crippen molar-refractivity contribution in [2.45, 2.75) is 65.0 Å². The van der Waals surface area contributed by atoms with Gasteiger partial charge in [-0.25, -0.2) is 9.50 Å². The van der Waals surface area contributed by atoms with Crippen LogP contribution in [0.25, 0.3) is 16.9 Å². The molecule has 0 atom stereocenters. The maximum atomic E-state index is 13.6. The molecule has 1 aliphatic heterocycles. The van der Waals surface area contributed by atoms with Crippen molar-refractivity contribution in [3.05, 3.63) is 47.8 Å². The van der Waals surface area contributed by atoms with Gasteiger partial charge in [-0.3, -0.25) is 9.59 Å². The summed E-state index contributed by atoms with van der Waals surface area (Å²) in [5.41, 5.74) is 0.352. The fourth-order valence-electron chi connectivity index (χ4n) is 4.73. The van der Waals surface area contributed by atoms with E-state index in [2.05, 4.69) is 14.8 Å². The first-order valence-electron chi connectivity index (χ1n) is 12.6. The zero-order valence-electron chi connectivity index (χ0n) is 22.7. The molecule has 1 aromatic carbocycles. The van der Waals surface area contributed by atoms with Gasteiger partial charge in [0, 0.05) is 30.8 Å². The molecule has 0 aliphatic carbocycles. The van der Waals surface area contributed by atoms with Crippen molar-refractivity contribution in [2.24, 2.45) is 0 Å². The molecular weight excluding hydrogens is 515 g/mol. The van der Waals surface area contributed by atoms with Crippen LogP contribution < -0.4 is 4.74 Å². The van der Waals surface area contributed by atoms with E-state index in [1.165, 1.54) is 42.6 Å². The monoisotopic (exact) mass is 547 g/mol. The number of amides is 2. The summed E-state index contributed by atoms with van der Waals surface area (Å²) in [5, 5.41) is 14.7. The Hall–Kier alpha value is -3.67. The quantitative estimate of drug-likeness (QED) is 0.513. The second-order valence-electron chi connectivity index (χ2n) is 11.2. The van der Waals surface area contributed by atoms with Crippen molar-refractivity contribution in [1.29, 1.82) is 0 Å². The molecule has 210 valence electrons. The number of fused-ring (bicyclic) bond motifs is 1. The highest BCUT2D eigenvalue weighted by molar-refractivity contribution is 5.94. The molecule has 1 aliphatic rings. The number of ether oxygens (including phenoxy) is 1. The summed E-state index contributed by atoms with van der Waals surface area (Å²) in [6.07, 6.45) is -3.24. The van der Waals surface area contributed by atoms with E-state index < -0.39 is 23.4 Å². The number of alkyl halides is 3. The first-order valence-corrected chi connectivity index (χ1v) is 12.6. The standard InChI is InChI=1S/C27H32F3N5O4/c1-16(2)19-13-20(17-7-9-18(10-8-17)39-27(28,29)30)32-35-14-21(31-22(19)35)23(36)34-12-11-33(15-25(34,3)4)24(37)26(5,6)38/h7-10,13-14,16,38H,11-12,15H2,1-6H3. The number of rotatable bonds is 5. The summed E-state index contributed by atoms with van der Waals surface area (Å²) in [6.45, 7) is 11.3. The molecule has 0 spiro atoms. The van der Waals surface area contributed by atoms with E-state index in [0.29, 0.717) is 16.9 Å². The predicted octanol–water partition coefficient (Wildman–Crippen LogP) is 4.25. The third kappa shape index (κ3) is 6.00. The molecular formula is C27H32F3N5O4. The number of aliphatic hydroxyl groups is 1. The van der Waals surface area contributed by atoms with E-state index >= 15 is 0 Å². The van der Waals surface area contributed by atoms with Crippen molar-refractivity contribution in [1.82, 2.24) is 24.4 Å². The molecule has 2 amide bonds. The average Bonchev–Trinajstić information content (AvgIpc) is 3.25. The molecule has 3 aromatic rings. The molecule has 4 rings (SSSR count). The largest absolute Gasteiger partial charge is 0.573 e. The molecule has 2 aromatic heterocycles. The molecule has 1 N–H and O–H groups in total. The topological polar surface area (TPSA) is 100 Å². The van der Waals surface area contributed by atoms with Crippen LogP contribution in [0, 0.1) is 0 Å². The molecule has 0 bridgehead atoms. The van der Waals surface area contributed by atoms with E-state index in [4.69, 9.17) is 0 Å². The third-order valence-corrected chi connectivity index (χ3v) is 6.64. The SMILES string of the molecule is CC(C)c1cc(-c2ccc(OC(F)(F)F)cc2)nn2cc(C(=O)N3CCN(C(=O)C(C)(C)O)CC3(C)C)nc12. The van der Waals surface area contributed by atoms with Gasteiger partial charge in [-0.1, -0.05) is 13.8 Å². The number of carbonyl (C=O) groups excluding carboxylic acids is 2. The van der Waals surface area contributed by atoms with Crippen LogP contribution in [0.1, 0.15) is 63.5 Å². The minimum Gasteiger partial charge on any atom is -0.406 e. The van der Waals surface area contributed by atoms with Gasteiger partial charge >= 0.3 is 6.36 Å². The first kappa shape index (κ1) is 28.3. The number of nitrogens with zero attached hydrogens (tertiary/aromatic N) is 5. The van der Waals surface area contributed by atoms with E-state index in [1.807, 2.05) is 33.8 Å². The van der Waals surface area contributed by atoms with Crippen LogP contribution in [-0.4, -0.2) is 78.5 Å². The summed E-state index contributed by atoms with van der Waals surface area (Å²) in [6, 6.07) is 7.22. The first-order chi connectivity index (χ1) is 18.0. The number of benzene rings is 1. The van der Waals surface area contributed by atoms with Gasteiger partial charge in [-0.2, -0.15) is 5.10 Å². The summed E-state index contributed by atoms with van der Waals surface area (Å²) >= 11 is 0. The Morgan fingerprint density at radius 1 is 1.10 bits per heavy atom. The average molecular weight is 548 g/mol. The smallest absolute Gasteiger partial charge is 0.406 e. The second-order valence-corrected chi connectivity index (χ2v) is 11.2. The molecule has 12 heteroatoms. The lowest BCUT2D eigenvalue weighted by atomic mass is 9.96. The minimum absolute atomic E-state index is 0.0141. The molecule has 0 saturated carbocycles. The van der Waals surface area contributed by atoms with E-state index in [1.54, 1.807) is 16.0 Å². The number of piperazine rings is 1. The molecule has 0 unspecified atom stereocenters. The maximum absolute atomic E-state index is 13.6. The number of hydrogen-bond donors (Lipinski definition) is 1. The summed E-state index contributed by atoms with van der Waals surface area (Å²) in [4.78, 5) is 34.0. The van der Waals surface area contributed by atoms with Gasteiger partial charge in [0.1, 0.15) is 17.0 Å². The summed E-state index contributed by atoms with van der Waals surface area (Å²) in [7, 11) is 0. The molecule has 3 heterocycles. The van der Waals surface area contributed by atoms with Gasteiger partial charge in [-0.05, 0) is 63.9 Å². The number of carbonyl (C=O) groups is 2. The Kier molecular flexibility index (Phi) is 7.13. The van der Waals surface area contributed by atoms with Gasteiger partial charge in [0.15, 0.2) is 5.65 Å². The lowest BCUT2D eigenvalue weighted by Gasteiger charge is -2.47. The number of imidazole rings is 1. The second kappa shape index (κ2) is 9.82. The van der Waals surface area contributed by atoms with Crippen LogP contribution in [0.15, 0.2) is 36.5 Å². The van der Waals surface area contributed by atoms with E-state index in [0.717, 1.165) is 5.56 Å². The lowest BCUT2D eigenvalue weighted by molar-refractivity contribution is -0.274. The summed E-state index contributed by atoms with van der Waals surface area (Å²) in [5.74, 6) is -1.03. The highest BCUT2D eigenvalue weighted by Crippen LogP contribution is 2.30. The van der Waals surface area contributed by atoms with Crippen LogP contribution in [0.3, 0.4) is 0 Å². The Bertz CT molecular complexity index is 1390. The highest BCUT2D eigenvalue weighted by atomic mass is 19.4. The Labute approximate surface area is 224 Å². The number of halogens is 3. The van der Waals surface area contributed by atoms with Gasteiger partial charge < -0.3 is 19.6 Å². The Morgan fingerprint density at radius 3 is 2.28 bits per heavy atom. The van der Waals surface area contributed by atoms with Gasteiger partial charge in [0.25, 0.3) is 11.8 Å². The van der Waals surface area contributed by atoms with Crippen molar-refractivity contribution in [2.75, 3.05) is 19.6 Å². The van der Waals surface area contributed by atoms with Gasteiger partial charge in [0.2, 0.25) is 0 Å². The maximum Gasteiger partial charge on any atom is 0.573 e. The van der Waals surface area contributed by atoms with Crippen LogP contribution >= 0.6 is 0 Å². The Morgan fingerprint density at radius 2 is 1.74 bits per heavy atom. The van der Waals surface area contributed by atoms with E-state index in [9.17, 15) is 27.9 Å². The fraction of sp³-hybridized carbons (Fsp3) is 0.481. The van der Waals surface area contributed by atoms with Crippen LogP contribution in [0.2, 0.25) is 0 Å². The van der Waals surface area contributed by atoms with Crippen molar-refractivity contribution in [3.63, 3.8) is 0 Å². The van der Waals surface area contributed by atoms with Gasteiger partial charge in [-0.15, -0.1) is 13.2 Å². The summed E-state index contributed by atoms with van der Waals surface area (Å²) < 4.78 is 43.1. The zero-order chi connectivity index (χ0) is 28.9. The molecule has 9 nitrogen and oxygen atoms in total. The van der Waals surface area contributed by atoms with Gasteiger partial charge in [0.05, 0.1) is 17.4 Å². The molecule has 39 heavy (non-hydrogen) atoms. The Balaban J connectivity index is 1.64. The lowest BCUT2D eigenvalue weighted by Crippen LogP contribution is -2.64. The molecule has 0 radical (unpaired) electrons. The molecule has 1 fully saturated rings. The number of aromatic nitrogens is 3. The van der Waals surface area contributed by atoms with Crippen molar-refractivity contribution < 1.29 is 32.6 Å². The van der Waals surface area contributed by atoms with Crippen molar-refractivity contribution >= 4 is 17.5 Å². The van der Waals surface area contributed by atoms with Crippen LogP contribution in [0.4, 0.5) is 13.2 Å².